The van der Waals surface area contributed by atoms with E-state index in [-0.39, 0.29) is 10.1 Å². The molecule has 1 aromatic carbocycles. The molecule has 0 bridgehead atoms. The lowest BCUT2D eigenvalue weighted by Crippen LogP contribution is -2.42. The fraction of sp³-hybridized carbons (Fsp3) is 0.389. The third-order valence-electron chi connectivity index (χ3n) is 4.29. The number of thiophene rings is 1. The van der Waals surface area contributed by atoms with Crippen molar-refractivity contribution in [3.05, 3.63) is 46.8 Å². The van der Waals surface area contributed by atoms with Gasteiger partial charge in [-0.3, -0.25) is 4.79 Å². The van der Waals surface area contributed by atoms with Crippen molar-refractivity contribution in [2.45, 2.75) is 36.6 Å². The average molecular weight is 395 g/mol. The fourth-order valence-corrected chi connectivity index (χ4v) is 6.16. The number of hydrogen-bond donors (Lipinski definition) is 1. The smallest absolute Gasteiger partial charge is 0.253 e. The minimum absolute atomic E-state index is 0.289. The predicted molar refractivity (Wildman–Crippen MR) is 102 cm³/mol. The standard InChI is InChI=1S/C18H22N2O4S2/c1-13-8-9-17(25-13)26(22,23)20-10-4-7-16(20)18(21)19-15-6-3-5-14(11-15)12-24-2/h3,5-6,8-9,11,16H,4,7,10,12H2,1-2H3,(H,19,21). The molecule has 8 heteroatoms. The number of amides is 1. The van der Waals surface area contributed by atoms with Gasteiger partial charge < -0.3 is 10.1 Å². The van der Waals surface area contributed by atoms with Crippen LogP contribution in [0.5, 0.6) is 0 Å². The van der Waals surface area contributed by atoms with E-state index in [0.29, 0.717) is 31.7 Å². The highest BCUT2D eigenvalue weighted by Crippen LogP contribution is 2.30. The van der Waals surface area contributed by atoms with E-state index < -0.39 is 16.1 Å². The number of carbonyl (C=O) groups excluding carboxylic acids is 1. The molecule has 0 saturated carbocycles. The van der Waals surface area contributed by atoms with Crippen molar-refractivity contribution in [2.75, 3.05) is 19.0 Å². The van der Waals surface area contributed by atoms with Gasteiger partial charge in [0, 0.05) is 24.2 Å². The van der Waals surface area contributed by atoms with Gasteiger partial charge in [0.05, 0.1) is 6.61 Å². The highest BCUT2D eigenvalue weighted by molar-refractivity contribution is 7.91. The Morgan fingerprint density at radius 2 is 2.15 bits per heavy atom. The van der Waals surface area contributed by atoms with Crippen LogP contribution in [0.4, 0.5) is 5.69 Å². The van der Waals surface area contributed by atoms with Crippen LogP contribution in [-0.4, -0.2) is 38.3 Å². The number of nitrogens with zero attached hydrogens (tertiary/aromatic N) is 1. The minimum atomic E-state index is -3.65. The summed E-state index contributed by atoms with van der Waals surface area (Å²) in [5.41, 5.74) is 1.58. The molecule has 1 fully saturated rings. The zero-order valence-corrected chi connectivity index (χ0v) is 16.4. The average Bonchev–Trinajstić information content (AvgIpc) is 3.25. The van der Waals surface area contributed by atoms with E-state index in [1.807, 2.05) is 25.1 Å². The van der Waals surface area contributed by atoms with Crippen LogP contribution in [0.2, 0.25) is 0 Å². The summed E-state index contributed by atoms with van der Waals surface area (Å²) in [6.07, 6.45) is 1.19. The van der Waals surface area contributed by atoms with Gasteiger partial charge in [-0.15, -0.1) is 11.3 Å². The fourth-order valence-electron chi connectivity index (χ4n) is 3.09. The summed E-state index contributed by atoms with van der Waals surface area (Å²) in [6, 6.07) is 10.1. The Morgan fingerprint density at radius 1 is 1.35 bits per heavy atom. The number of aryl methyl sites for hydroxylation is 1. The molecule has 26 heavy (non-hydrogen) atoms. The molecule has 6 nitrogen and oxygen atoms in total. The number of carbonyl (C=O) groups is 1. The molecule has 3 rings (SSSR count). The van der Waals surface area contributed by atoms with E-state index in [9.17, 15) is 13.2 Å². The van der Waals surface area contributed by atoms with Gasteiger partial charge in [0.25, 0.3) is 10.0 Å². The zero-order valence-electron chi connectivity index (χ0n) is 14.8. The minimum Gasteiger partial charge on any atom is -0.380 e. The van der Waals surface area contributed by atoms with Crippen LogP contribution >= 0.6 is 11.3 Å². The number of methoxy groups -OCH3 is 1. The maximum Gasteiger partial charge on any atom is 0.253 e. The number of hydrogen-bond acceptors (Lipinski definition) is 5. The van der Waals surface area contributed by atoms with Crippen LogP contribution in [-0.2, 0) is 26.2 Å². The van der Waals surface area contributed by atoms with E-state index in [1.54, 1.807) is 25.3 Å². The number of nitrogens with one attached hydrogen (secondary N) is 1. The Hall–Kier alpha value is -1.74. The van der Waals surface area contributed by atoms with Gasteiger partial charge in [0.15, 0.2) is 0 Å². The number of sulfonamides is 1. The Bertz CT molecular complexity index is 892. The van der Waals surface area contributed by atoms with Gasteiger partial charge in [-0.2, -0.15) is 4.31 Å². The maximum atomic E-state index is 12.9. The molecular weight excluding hydrogens is 372 g/mol. The van der Waals surface area contributed by atoms with Crippen molar-refractivity contribution >= 4 is 33.0 Å². The summed E-state index contributed by atoms with van der Waals surface area (Å²) in [6.45, 7) is 2.68. The number of ether oxygens (including phenoxy) is 1. The largest absolute Gasteiger partial charge is 0.380 e. The number of benzene rings is 1. The molecule has 1 aromatic heterocycles. The van der Waals surface area contributed by atoms with Gasteiger partial charge in [-0.1, -0.05) is 12.1 Å². The van der Waals surface area contributed by atoms with Gasteiger partial charge in [-0.05, 0) is 49.6 Å². The predicted octanol–water partition coefficient (Wildman–Crippen LogP) is 2.99. The highest BCUT2D eigenvalue weighted by atomic mass is 32.2. The normalized spacial score (nSPS) is 18.2. The Labute approximate surface area is 157 Å². The van der Waals surface area contributed by atoms with Crippen molar-refractivity contribution in [3.8, 4) is 0 Å². The molecule has 1 aliphatic heterocycles. The van der Waals surface area contributed by atoms with Crippen molar-refractivity contribution < 1.29 is 17.9 Å². The molecule has 1 aliphatic rings. The molecular formula is C18H22N2O4S2. The van der Waals surface area contributed by atoms with Crippen molar-refractivity contribution in [1.29, 1.82) is 0 Å². The van der Waals surface area contributed by atoms with E-state index in [0.717, 1.165) is 10.4 Å². The quantitative estimate of drug-likeness (QED) is 0.817. The van der Waals surface area contributed by atoms with Gasteiger partial charge in [-0.25, -0.2) is 8.42 Å². The molecule has 140 valence electrons. The molecule has 0 aliphatic carbocycles. The molecule has 1 atom stereocenters. The first-order valence-corrected chi connectivity index (χ1v) is 10.6. The first-order chi connectivity index (χ1) is 12.4. The summed E-state index contributed by atoms with van der Waals surface area (Å²) in [7, 11) is -2.04. The first-order valence-electron chi connectivity index (χ1n) is 8.39. The second-order valence-corrected chi connectivity index (χ2v) is 9.67. The third-order valence-corrected chi connectivity index (χ3v) is 7.67. The van der Waals surface area contributed by atoms with Crippen molar-refractivity contribution in [1.82, 2.24) is 4.31 Å². The van der Waals surface area contributed by atoms with Crippen LogP contribution in [0.1, 0.15) is 23.3 Å². The monoisotopic (exact) mass is 394 g/mol. The Morgan fingerprint density at radius 3 is 2.85 bits per heavy atom. The topological polar surface area (TPSA) is 75.7 Å². The molecule has 1 N–H and O–H groups in total. The summed E-state index contributed by atoms with van der Waals surface area (Å²) < 4.78 is 32.5. The van der Waals surface area contributed by atoms with Gasteiger partial charge in [0.2, 0.25) is 5.91 Å². The SMILES string of the molecule is COCc1cccc(NC(=O)C2CCCN2S(=O)(=O)c2ccc(C)s2)c1. The highest BCUT2D eigenvalue weighted by Gasteiger charge is 2.40. The molecule has 2 heterocycles. The van der Waals surface area contributed by atoms with Crippen molar-refractivity contribution in [2.24, 2.45) is 0 Å². The second kappa shape index (κ2) is 7.87. The lowest BCUT2D eigenvalue weighted by atomic mass is 10.2. The number of anilines is 1. The summed E-state index contributed by atoms with van der Waals surface area (Å²) in [5.74, 6) is -0.297. The van der Waals surface area contributed by atoms with Crippen LogP contribution in [0, 0.1) is 6.92 Å². The molecule has 1 unspecified atom stereocenters. The first kappa shape index (κ1) is 19.0. The molecule has 1 saturated heterocycles. The zero-order chi connectivity index (χ0) is 18.7. The Balaban J connectivity index is 1.77. The van der Waals surface area contributed by atoms with E-state index in [4.69, 9.17) is 4.74 Å². The van der Waals surface area contributed by atoms with Crippen LogP contribution < -0.4 is 5.32 Å². The Kier molecular flexibility index (Phi) is 5.76. The summed E-state index contributed by atoms with van der Waals surface area (Å²) in [5, 5.41) is 2.84. The lowest BCUT2D eigenvalue weighted by Gasteiger charge is -2.22. The molecule has 0 spiro atoms. The molecule has 2 aromatic rings. The van der Waals surface area contributed by atoms with Gasteiger partial charge >= 0.3 is 0 Å². The maximum absolute atomic E-state index is 12.9. The summed E-state index contributed by atoms with van der Waals surface area (Å²) >= 11 is 1.23. The third kappa shape index (κ3) is 3.98. The molecule has 1 amide bonds. The molecule has 0 radical (unpaired) electrons. The van der Waals surface area contributed by atoms with E-state index in [2.05, 4.69) is 5.32 Å². The summed E-state index contributed by atoms with van der Waals surface area (Å²) in [4.78, 5) is 13.7. The van der Waals surface area contributed by atoms with Crippen LogP contribution in [0.15, 0.2) is 40.6 Å². The second-order valence-electron chi connectivity index (χ2n) is 6.26. The van der Waals surface area contributed by atoms with Crippen LogP contribution in [0.25, 0.3) is 0 Å². The van der Waals surface area contributed by atoms with E-state index >= 15 is 0 Å². The lowest BCUT2D eigenvalue weighted by molar-refractivity contribution is -0.119. The number of rotatable bonds is 6. The van der Waals surface area contributed by atoms with E-state index in [1.165, 1.54) is 15.6 Å². The van der Waals surface area contributed by atoms with Gasteiger partial charge in [0.1, 0.15) is 10.3 Å². The van der Waals surface area contributed by atoms with Crippen LogP contribution in [0.3, 0.4) is 0 Å². The van der Waals surface area contributed by atoms with Crippen molar-refractivity contribution in [3.63, 3.8) is 0 Å².